The number of aromatic nitrogens is 1. The van der Waals surface area contributed by atoms with E-state index in [2.05, 4.69) is 4.98 Å². The number of nitrogens with one attached hydrogen (secondary N) is 1. The van der Waals surface area contributed by atoms with E-state index in [1.54, 1.807) is 0 Å². The second-order valence-corrected chi connectivity index (χ2v) is 2.66. The predicted molar refractivity (Wildman–Crippen MR) is 43.4 cm³/mol. The Labute approximate surface area is 82.1 Å². The lowest BCUT2D eigenvalue weighted by molar-refractivity contribution is -0.114. The Morgan fingerprint density at radius 1 is 1.47 bits per heavy atom. The number of halogens is 4. The molecule has 0 atom stereocenters. The Kier molecular flexibility index (Phi) is 3.23. The molecule has 1 rings (SSSR count). The summed E-state index contributed by atoms with van der Waals surface area (Å²) in [4.78, 5) is 13.7. The molecule has 0 aliphatic heterocycles. The molecule has 0 radical (unpaired) electrons. The number of amides is 1. The fourth-order valence-electron chi connectivity index (χ4n) is 0.934. The summed E-state index contributed by atoms with van der Waals surface area (Å²) in [5.41, 5.74) is -1.39. The van der Waals surface area contributed by atoms with Crippen LogP contribution < -0.4 is 5.32 Å². The van der Waals surface area contributed by atoms with Gasteiger partial charge in [0.2, 0.25) is 5.91 Å². The van der Waals surface area contributed by atoms with Crippen molar-refractivity contribution < 1.29 is 22.4 Å². The molecule has 1 amide bonds. The van der Waals surface area contributed by atoms with Gasteiger partial charge >= 0.3 is 0 Å². The van der Waals surface area contributed by atoms with E-state index >= 15 is 0 Å². The second-order valence-electron chi connectivity index (χ2n) is 2.66. The number of hydrogen-bond acceptors (Lipinski definition) is 2. The van der Waals surface area contributed by atoms with E-state index in [1.807, 2.05) is 5.32 Å². The van der Waals surface area contributed by atoms with Gasteiger partial charge in [-0.1, -0.05) is 0 Å². The first-order chi connectivity index (χ1) is 6.93. The SMILES string of the molecule is CC(=O)Nc1ncc(F)c(C(F)F)c1F. The summed E-state index contributed by atoms with van der Waals surface area (Å²) in [6.45, 7) is 1.05. The van der Waals surface area contributed by atoms with Gasteiger partial charge in [-0.15, -0.1) is 0 Å². The summed E-state index contributed by atoms with van der Waals surface area (Å²) in [6.07, 6.45) is -2.88. The van der Waals surface area contributed by atoms with E-state index < -0.39 is 35.3 Å². The summed E-state index contributed by atoms with van der Waals surface area (Å²) in [5, 5.41) is 1.87. The highest BCUT2D eigenvalue weighted by Gasteiger charge is 2.23. The first-order valence-corrected chi connectivity index (χ1v) is 3.83. The van der Waals surface area contributed by atoms with Gasteiger partial charge in [-0.2, -0.15) is 0 Å². The smallest absolute Gasteiger partial charge is 0.269 e. The highest BCUT2D eigenvalue weighted by atomic mass is 19.3. The van der Waals surface area contributed by atoms with Gasteiger partial charge in [-0.05, 0) is 0 Å². The minimum Gasteiger partial charge on any atom is -0.308 e. The van der Waals surface area contributed by atoms with E-state index in [-0.39, 0.29) is 0 Å². The van der Waals surface area contributed by atoms with Crippen LogP contribution >= 0.6 is 0 Å². The van der Waals surface area contributed by atoms with Crippen molar-refractivity contribution in [3.63, 3.8) is 0 Å². The fourth-order valence-corrected chi connectivity index (χ4v) is 0.934. The van der Waals surface area contributed by atoms with Gasteiger partial charge in [0, 0.05) is 6.92 Å². The largest absolute Gasteiger partial charge is 0.308 e. The fraction of sp³-hybridized carbons (Fsp3) is 0.250. The molecule has 82 valence electrons. The summed E-state index contributed by atoms with van der Waals surface area (Å²) in [5.74, 6) is -4.40. The third-order valence-corrected chi connectivity index (χ3v) is 1.52. The average Bonchev–Trinajstić information content (AvgIpc) is 2.09. The highest BCUT2D eigenvalue weighted by molar-refractivity contribution is 5.87. The van der Waals surface area contributed by atoms with Crippen LogP contribution in [0.3, 0.4) is 0 Å². The molecule has 0 aliphatic rings. The standard InChI is InChI=1S/C8H6F4N2O/c1-3(15)14-8-6(10)5(7(11)12)4(9)2-13-8/h2,7H,1H3,(H,13,14,15). The molecule has 0 unspecified atom stereocenters. The quantitative estimate of drug-likeness (QED) is 0.780. The van der Waals surface area contributed by atoms with Crippen LogP contribution in [0.2, 0.25) is 0 Å². The highest BCUT2D eigenvalue weighted by Crippen LogP contribution is 2.27. The molecular weight excluding hydrogens is 216 g/mol. The average molecular weight is 222 g/mol. The molecule has 1 aromatic heterocycles. The molecule has 0 saturated carbocycles. The summed E-state index contributed by atoms with van der Waals surface area (Å²) in [7, 11) is 0. The van der Waals surface area contributed by atoms with Gasteiger partial charge in [-0.3, -0.25) is 4.79 Å². The lowest BCUT2D eigenvalue weighted by Gasteiger charge is -2.07. The monoisotopic (exact) mass is 222 g/mol. The normalized spacial score (nSPS) is 10.5. The molecular formula is C8H6F4N2O. The van der Waals surface area contributed by atoms with E-state index in [9.17, 15) is 22.4 Å². The molecule has 1 heterocycles. The first-order valence-electron chi connectivity index (χ1n) is 3.83. The molecule has 1 aromatic rings. The van der Waals surface area contributed by atoms with Crippen molar-refractivity contribution in [3.8, 4) is 0 Å². The lowest BCUT2D eigenvalue weighted by atomic mass is 10.2. The topological polar surface area (TPSA) is 42.0 Å². The summed E-state index contributed by atoms with van der Waals surface area (Å²) in [6, 6.07) is 0. The maximum atomic E-state index is 13.1. The van der Waals surface area contributed by atoms with Crippen molar-refractivity contribution in [2.75, 3.05) is 5.32 Å². The van der Waals surface area contributed by atoms with Crippen LogP contribution in [0.4, 0.5) is 23.4 Å². The number of anilines is 1. The lowest BCUT2D eigenvalue weighted by Crippen LogP contribution is -2.11. The zero-order valence-electron chi connectivity index (χ0n) is 7.52. The number of nitrogens with zero attached hydrogens (tertiary/aromatic N) is 1. The van der Waals surface area contributed by atoms with Crippen LogP contribution in [0.15, 0.2) is 6.20 Å². The van der Waals surface area contributed by atoms with E-state index in [4.69, 9.17) is 0 Å². The Bertz CT molecular complexity index is 394. The number of hydrogen-bond donors (Lipinski definition) is 1. The van der Waals surface area contributed by atoms with Crippen LogP contribution in [-0.2, 0) is 4.79 Å². The van der Waals surface area contributed by atoms with E-state index in [0.717, 1.165) is 6.92 Å². The van der Waals surface area contributed by atoms with Crippen LogP contribution in [-0.4, -0.2) is 10.9 Å². The Morgan fingerprint density at radius 3 is 2.53 bits per heavy atom. The summed E-state index contributed by atoms with van der Waals surface area (Å²) >= 11 is 0. The van der Waals surface area contributed by atoms with Gasteiger partial charge < -0.3 is 5.32 Å². The van der Waals surface area contributed by atoms with Gasteiger partial charge in [0.05, 0.1) is 11.8 Å². The minimum absolute atomic E-state index is 0.426. The molecule has 0 aromatic carbocycles. The Hall–Kier alpha value is -1.66. The van der Waals surface area contributed by atoms with Gasteiger partial charge in [-0.25, -0.2) is 22.5 Å². The predicted octanol–water partition coefficient (Wildman–Crippen LogP) is 2.26. The number of carbonyl (C=O) groups is 1. The molecule has 0 aliphatic carbocycles. The molecule has 0 spiro atoms. The van der Waals surface area contributed by atoms with Crippen molar-refractivity contribution in [2.24, 2.45) is 0 Å². The van der Waals surface area contributed by atoms with Crippen LogP contribution in [0, 0.1) is 11.6 Å². The van der Waals surface area contributed by atoms with Crippen molar-refractivity contribution >= 4 is 11.7 Å². The number of pyridine rings is 1. The Morgan fingerprint density at radius 2 is 2.07 bits per heavy atom. The van der Waals surface area contributed by atoms with Crippen LogP contribution in [0.25, 0.3) is 0 Å². The van der Waals surface area contributed by atoms with Gasteiger partial charge in [0.25, 0.3) is 6.43 Å². The third-order valence-electron chi connectivity index (χ3n) is 1.52. The van der Waals surface area contributed by atoms with Crippen LogP contribution in [0.1, 0.15) is 18.9 Å². The first kappa shape index (κ1) is 11.4. The number of alkyl halides is 2. The van der Waals surface area contributed by atoms with Crippen molar-refractivity contribution in [2.45, 2.75) is 13.3 Å². The van der Waals surface area contributed by atoms with Crippen molar-refractivity contribution in [1.82, 2.24) is 4.98 Å². The zero-order valence-corrected chi connectivity index (χ0v) is 7.52. The zero-order chi connectivity index (χ0) is 11.6. The van der Waals surface area contributed by atoms with Crippen molar-refractivity contribution in [1.29, 1.82) is 0 Å². The summed E-state index contributed by atoms with van der Waals surface area (Å²) < 4.78 is 50.2. The second kappa shape index (κ2) is 4.24. The number of carbonyl (C=O) groups excluding carboxylic acids is 1. The van der Waals surface area contributed by atoms with E-state index in [1.165, 1.54) is 0 Å². The molecule has 0 saturated heterocycles. The third kappa shape index (κ3) is 2.42. The molecule has 7 heteroatoms. The number of rotatable bonds is 2. The maximum absolute atomic E-state index is 13.1. The molecule has 3 nitrogen and oxygen atoms in total. The molecule has 1 N–H and O–H groups in total. The van der Waals surface area contributed by atoms with E-state index in [0.29, 0.717) is 6.20 Å². The Balaban J connectivity index is 3.22. The van der Waals surface area contributed by atoms with Gasteiger partial charge in [0.15, 0.2) is 17.5 Å². The molecule has 0 bridgehead atoms. The maximum Gasteiger partial charge on any atom is 0.269 e. The van der Waals surface area contributed by atoms with Gasteiger partial charge in [0.1, 0.15) is 0 Å². The molecule has 15 heavy (non-hydrogen) atoms. The molecule has 0 fully saturated rings. The minimum atomic E-state index is -3.31. The van der Waals surface area contributed by atoms with Crippen molar-refractivity contribution in [3.05, 3.63) is 23.4 Å². The van der Waals surface area contributed by atoms with Crippen LogP contribution in [0.5, 0.6) is 0 Å².